The van der Waals surface area contributed by atoms with Crippen molar-refractivity contribution in [3.63, 3.8) is 0 Å². The normalized spacial score (nSPS) is 13.5. The minimum Gasteiger partial charge on any atom is -0.411 e. The van der Waals surface area contributed by atoms with Gasteiger partial charge in [-0.15, -0.1) is 6.58 Å². The molecule has 0 heterocycles. The molecule has 0 aromatic heterocycles. The Morgan fingerprint density at radius 2 is 2.45 bits per heavy atom. The highest BCUT2D eigenvalue weighted by Gasteiger charge is 2.00. The molecule has 0 rings (SSSR count). The first-order valence-corrected chi connectivity index (χ1v) is 3.24. The maximum Gasteiger partial charge on any atom is 0.0991 e. The molecule has 1 atom stereocenters. The Morgan fingerprint density at radius 3 is 2.91 bits per heavy atom. The molecule has 0 radical (unpaired) electrons. The van der Waals surface area contributed by atoms with E-state index in [9.17, 15) is 0 Å². The van der Waals surface area contributed by atoms with Gasteiger partial charge < -0.3 is 14.7 Å². The Kier molecular flexibility index (Phi) is 6.67. The second kappa shape index (κ2) is 7.24. The molecule has 0 aromatic rings. The average molecular weight is 159 g/mol. The molecule has 64 valence electrons. The van der Waals surface area contributed by atoms with Crippen molar-refractivity contribution >= 4 is 6.21 Å². The number of oxime groups is 1. The number of nitrogens with zero attached hydrogens (tertiary/aromatic N) is 1. The van der Waals surface area contributed by atoms with Crippen LogP contribution in [0.25, 0.3) is 0 Å². The average Bonchev–Trinajstić information content (AvgIpc) is 2.03. The zero-order valence-corrected chi connectivity index (χ0v) is 6.56. The lowest BCUT2D eigenvalue weighted by molar-refractivity contribution is 0.0450. The SMILES string of the molecule is C=C[C@@H](COC)OCC=NO. The van der Waals surface area contributed by atoms with E-state index in [1.165, 1.54) is 6.21 Å². The summed E-state index contributed by atoms with van der Waals surface area (Å²) in [5, 5.41) is 10.8. The van der Waals surface area contributed by atoms with Gasteiger partial charge in [0, 0.05) is 7.11 Å². The molecule has 0 saturated heterocycles. The Balaban J connectivity index is 3.43. The van der Waals surface area contributed by atoms with E-state index < -0.39 is 0 Å². The number of methoxy groups -OCH3 is 1. The molecule has 1 N–H and O–H groups in total. The van der Waals surface area contributed by atoms with E-state index in [2.05, 4.69) is 11.7 Å². The van der Waals surface area contributed by atoms with E-state index in [1.807, 2.05) is 0 Å². The minimum absolute atomic E-state index is 0.141. The Labute approximate surface area is 66.1 Å². The van der Waals surface area contributed by atoms with Crippen LogP contribution in [0.2, 0.25) is 0 Å². The van der Waals surface area contributed by atoms with Crippen molar-refractivity contribution in [3.8, 4) is 0 Å². The lowest BCUT2D eigenvalue weighted by atomic mass is 10.4. The maximum absolute atomic E-state index is 8.01. The summed E-state index contributed by atoms with van der Waals surface area (Å²) in [4.78, 5) is 0. The summed E-state index contributed by atoms with van der Waals surface area (Å²) in [5.74, 6) is 0. The first-order valence-electron chi connectivity index (χ1n) is 3.24. The van der Waals surface area contributed by atoms with Crippen LogP contribution in [0.15, 0.2) is 17.8 Å². The molecular weight excluding hydrogens is 146 g/mol. The van der Waals surface area contributed by atoms with Crippen LogP contribution < -0.4 is 0 Å². The summed E-state index contributed by atoms with van der Waals surface area (Å²) in [7, 11) is 1.58. The van der Waals surface area contributed by atoms with Gasteiger partial charge in [0.2, 0.25) is 0 Å². The molecule has 4 nitrogen and oxygen atoms in total. The smallest absolute Gasteiger partial charge is 0.0991 e. The lowest BCUT2D eigenvalue weighted by Gasteiger charge is -2.09. The van der Waals surface area contributed by atoms with Gasteiger partial charge in [-0.25, -0.2) is 0 Å². The molecule has 0 amide bonds. The fourth-order valence-electron chi connectivity index (χ4n) is 0.548. The number of ether oxygens (including phenoxy) is 2. The fourth-order valence-corrected chi connectivity index (χ4v) is 0.548. The molecule has 4 heteroatoms. The number of hydrogen-bond donors (Lipinski definition) is 1. The van der Waals surface area contributed by atoms with Crippen LogP contribution in [-0.2, 0) is 9.47 Å². The summed E-state index contributed by atoms with van der Waals surface area (Å²) in [5.41, 5.74) is 0. The third-order valence-corrected chi connectivity index (χ3v) is 1.06. The zero-order valence-electron chi connectivity index (χ0n) is 6.56. The molecule has 0 bridgehead atoms. The zero-order chi connectivity index (χ0) is 8.53. The predicted molar refractivity (Wildman–Crippen MR) is 42.1 cm³/mol. The van der Waals surface area contributed by atoms with Crippen molar-refractivity contribution in [3.05, 3.63) is 12.7 Å². The predicted octanol–water partition coefficient (Wildman–Crippen LogP) is 0.664. The summed E-state index contributed by atoms with van der Waals surface area (Å²) in [6.45, 7) is 4.27. The van der Waals surface area contributed by atoms with E-state index in [1.54, 1.807) is 13.2 Å². The Hall–Kier alpha value is -0.870. The van der Waals surface area contributed by atoms with Crippen LogP contribution in [0, 0.1) is 0 Å². The minimum atomic E-state index is -0.141. The van der Waals surface area contributed by atoms with Crippen LogP contribution in [-0.4, -0.2) is 37.8 Å². The van der Waals surface area contributed by atoms with Gasteiger partial charge in [-0.2, -0.15) is 0 Å². The Morgan fingerprint density at radius 1 is 1.73 bits per heavy atom. The van der Waals surface area contributed by atoms with Crippen LogP contribution in [0.4, 0.5) is 0 Å². The number of hydrogen-bond acceptors (Lipinski definition) is 4. The second-order valence-electron chi connectivity index (χ2n) is 1.86. The molecule has 11 heavy (non-hydrogen) atoms. The maximum atomic E-state index is 8.01. The van der Waals surface area contributed by atoms with E-state index in [0.717, 1.165) is 0 Å². The molecular formula is C7H13NO3. The lowest BCUT2D eigenvalue weighted by Crippen LogP contribution is -2.17. The topological polar surface area (TPSA) is 51.0 Å². The molecule has 0 aliphatic carbocycles. The second-order valence-corrected chi connectivity index (χ2v) is 1.86. The van der Waals surface area contributed by atoms with Gasteiger partial charge in [0.25, 0.3) is 0 Å². The van der Waals surface area contributed by atoms with Gasteiger partial charge in [0.15, 0.2) is 0 Å². The van der Waals surface area contributed by atoms with Gasteiger partial charge in [0.1, 0.15) is 0 Å². The van der Waals surface area contributed by atoms with Crippen LogP contribution >= 0.6 is 0 Å². The third kappa shape index (κ3) is 5.57. The van der Waals surface area contributed by atoms with E-state index >= 15 is 0 Å². The highest BCUT2D eigenvalue weighted by molar-refractivity contribution is 5.57. The van der Waals surface area contributed by atoms with Gasteiger partial charge in [-0.3, -0.25) is 0 Å². The van der Waals surface area contributed by atoms with Gasteiger partial charge >= 0.3 is 0 Å². The molecule has 0 aromatic carbocycles. The Bertz CT molecular complexity index is 125. The first kappa shape index (κ1) is 10.1. The molecule has 0 fully saturated rings. The largest absolute Gasteiger partial charge is 0.411 e. The van der Waals surface area contributed by atoms with E-state index in [-0.39, 0.29) is 12.7 Å². The van der Waals surface area contributed by atoms with Crippen LogP contribution in [0.5, 0.6) is 0 Å². The molecule has 0 spiro atoms. The quantitative estimate of drug-likeness (QED) is 0.268. The highest BCUT2D eigenvalue weighted by Crippen LogP contribution is 1.92. The van der Waals surface area contributed by atoms with Crippen LogP contribution in [0.1, 0.15) is 0 Å². The van der Waals surface area contributed by atoms with Crippen molar-refractivity contribution in [1.29, 1.82) is 0 Å². The summed E-state index contributed by atoms with van der Waals surface area (Å²) in [6, 6.07) is 0. The van der Waals surface area contributed by atoms with Crippen molar-refractivity contribution in [2.24, 2.45) is 5.16 Å². The molecule has 0 aliphatic heterocycles. The van der Waals surface area contributed by atoms with Crippen molar-refractivity contribution in [2.45, 2.75) is 6.10 Å². The first-order chi connectivity index (χ1) is 5.35. The van der Waals surface area contributed by atoms with E-state index in [4.69, 9.17) is 14.7 Å². The van der Waals surface area contributed by atoms with Crippen molar-refractivity contribution in [2.75, 3.05) is 20.3 Å². The number of rotatable bonds is 6. The summed E-state index contributed by atoms with van der Waals surface area (Å²) >= 11 is 0. The van der Waals surface area contributed by atoms with Crippen molar-refractivity contribution in [1.82, 2.24) is 0 Å². The van der Waals surface area contributed by atoms with E-state index in [0.29, 0.717) is 6.61 Å². The third-order valence-electron chi connectivity index (χ3n) is 1.06. The van der Waals surface area contributed by atoms with Gasteiger partial charge in [0.05, 0.1) is 25.5 Å². The van der Waals surface area contributed by atoms with Crippen molar-refractivity contribution < 1.29 is 14.7 Å². The summed E-state index contributed by atoms with van der Waals surface area (Å²) < 4.78 is 9.94. The molecule has 0 aliphatic rings. The molecule has 0 unspecified atom stereocenters. The van der Waals surface area contributed by atoms with Gasteiger partial charge in [-0.05, 0) is 0 Å². The summed E-state index contributed by atoms with van der Waals surface area (Å²) in [6.07, 6.45) is 2.75. The fraction of sp³-hybridized carbons (Fsp3) is 0.571. The molecule has 0 saturated carbocycles. The highest BCUT2D eigenvalue weighted by atomic mass is 16.5. The van der Waals surface area contributed by atoms with Crippen LogP contribution in [0.3, 0.4) is 0 Å². The standard InChI is InChI=1S/C7H13NO3/c1-3-7(6-10-2)11-5-4-8-9/h3-4,7,9H,1,5-6H2,2H3/t7-/m0/s1. The monoisotopic (exact) mass is 159 g/mol. The van der Waals surface area contributed by atoms with Gasteiger partial charge in [-0.1, -0.05) is 11.2 Å².